The summed E-state index contributed by atoms with van der Waals surface area (Å²) in [6, 6.07) is 0. The van der Waals surface area contributed by atoms with E-state index in [0.29, 0.717) is 6.61 Å². The van der Waals surface area contributed by atoms with Crippen LogP contribution >= 0.6 is 0 Å². The summed E-state index contributed by atoms with van der Waals surface area (Å²) < 4.78 is 5.27. The van der Waals surface area contributed by atoms with Gasteiger partial charge >= 0.3 is 0 Å². The Kier molecular flexibility index (Phi) is 2.90. The van der Waals surface area contributed by atoms with Gasteiger partial charge in [0.05, 0.1) is 12.2 Å². The van der Waals surface area contributed by atoms with E-state index in [1.165, 1.54) is 0 Å². The fourth-order valence-electron chi connectivity index (χ4n) is 1.19. The van der Waals surface area contributed by atoms with Crippen molar-refractivity contribution in [1.29, 1.82) is 0 Å². The van der Waals surface area contributed by atoms with Crippen LogP contribution in [0.3, 0.4) is 0 Å². The Hall–Kier alpha value is -0.340. The monoisotopic (exact) mass is 142 g/mol. The molecule has 0 aliphatic carbocycles. The summed E-state index contributed by atoms with van der Waals surface area (Å²) in [5, 5.41) is 9.26. The summed E-state index contributed by atoms with van der Waals surface area (Å²) in [4.78, 5) is 0. The summed E-state index contributed by atoms with van der Waals surface area (Å²) in [5.74, 6) is 0. The normalized spacial score (nSPS) is 32.5. The van der Waals surface area contributed by atoms with Gasteiger partial charge in [0.15, 0.2) is 0 Å². The molecule has 0 bridgehead atoms. The van der Waals surface area contributed by atoms with Crippen LogP contribution in [-0.4, -0.2) is 23.9 Å². The molecule has 1 aliphatic rings. The van der Waals surface area contributed by atoms with E-state index in [4.69, 9.17) is 4.74 Å². The largest absolute Gasteiger partial charge is 0.390 e. The van der Waals surface area contributed by atoms with Crippen molar-refractivity contribution in [3.8, 4) is 0 Å². The van der Waals surface area contributed by atoms with Crippen molar-refractivity contribution in [3.05, 3.63) is 12.7 Å². The third kappa shape index (κ3) is 1.82. The number of hydrogen-bond donors (Lipinski definition) is 1. The Bertz CT molecular complexity index is 112. The Morgan fingerprint density at radius 2 is 2.50 bits per heavy atom. The topological polar surface area (TPSA) is 29.5 Å². The van der Waals surface area contributed by atoms with Crippen molar-refractivity contribution < 1.29 is 9.84 Å². The zero-order valence-corrected chi connectivity index (χ0v) is 6.12. The molecule has 0 radical (unpaired) electrons. The van der Waals surface area contributed by atoms with E-state index < -0.39 is 0 Å². The van der Waals surface area contributed by atoms with Gasteiger partial charge in [0.25, 0.3) is 0 Å². The van der Waals surface area contributed by atoms with Crippen molar-refractivity contribution in [2.75, 3.05) is 6.61 Å². The van der Waals surface area contributed by atoms with Crippen molar-refractivity contribution in [2.45, 2.75) is 31.5 Å². The molecule has 2 nitrogen and oxygen atoms in total. The van der Waals surface area contributed by atoms with E-state index in [1.807, 2.05) is 6.08 Å². The summed E-state index contributed by atoms with van der Waals surface area (Å²) in [6.45, 7) is 4.32. The highest BCUT2D eigenvalue weighted by Crippen LogP contribution is 2.17. The average molecular weight is 142 g/mol. The van der Waals surface area contributed by atoms with Gasteiger partial charge in [-0.05, 0) is 19.3 Å². The first kappa shape index (κ1) is 7.76. The number of hydrogen-bond acceptors (Lipinski definition) is 2. The summed E-state index contributed by atoms with van der Waals surface area (Å²) in [6.07, 6.45) is 4.32. The van der Waals surface area contributed by atoms with Gasteiger partial charge in [-0.1, -0.05) is 6.08 Å². The highest BCUT2D eigenvalue weighted by atomic mass is 16.5. The lowest BCUT2D eigenvalue weighted by Crippen LogP contribution is -2.19. The predicted octanol–water partition coefficient (Wildman–Crippen LogP) is 1.10. The first-order valence-electron chi connectivity index (χ1n) is 3.75. The number of aliphatic hydroxyl groups excluding tert-OH is 1. The summed E-state index contributed by atoms with van der Waals surface area (Å²) in [7, 11) is 0. The van der Waals surface area contributed by atoms with E-state index in [0.717, 1.165) is 19.3 Å². The molecule has 58 valence electrons. The second-order valence-corrected chi connectivity index (χ2v) is 2.63. The molecule has 1 rings (SSSR count). The van der Waals surface area contributed by atoms with E-state index in [-0.39, 0.29) is 12.2 Å². The smallest absolute Gasteiger partial charge is 0.0837 e. The van der Waals surface area contributed by atoms with Crippen LogP contribution in [0.25, 0.3) is 0 Å². The SMILES string of the molecule is C=CCCC1OCCC1O. The summed E-state index contributed by atoms with van der Waals surface area (Å²) in [5.41, 5.74) is 0. The van der Waals surface area contributed by atoms with Crippen LogP contribution in [0.2, 0.25) is 0 Å². The second kappa shape index (κ2) is 3.74. The molecule has 0 spiro atoms. The Balaban J connectivity index is 2.19. The van der Waals surface area contributed by atoms with Crippen LogP contribution in [0.5, 0.6) is 0 Å². The zero-order chi connectivity index (χ0) is 7.40. The number of aliphatic hydroxyl groups is 1. The lowest BCUT2D eigenvalue weighted by Gasteiger charge is -2.11. The molecular weight excluding hydrogens is 128 g/mol. The minimum Gasteiger partial charge on any atom is -0.390 e. The molecule has 1 N–H and O–H groups in total. The van der Waals surface area contributed by atoms with Crippen LogP contribution < -0.4 is 0 Å². The lowest BCUT2D eigenvalue weighted by atomic mass is 10.1. The van der Waals surface area contributed by atoms with Crippen molar-refractivity contribution in [3.63, 3.8) is 0 Å². The molecule has 0 amide bonds. The molecule has 1 heterocycles. The third-order valence-corrected chi connectivity index (χ3v) is 1.83. The highest BCUT2D eigenvalue weighted by molar-refractivity contribution is 4.78. The first-order chi connectivity index (χ1) is 4.84. The third-order valence-electron chi connectivity index (χ3n) is 1.83. The van der Waals surface area contributed by atoms with Gasteiger partial charge in [0.2, 0.25) is 0 Å². The van der Waals surface area contributed by atoms with Gasteiger partial charge in [0, 0.05) is 6.61 Å². The highest BCUT2D eigenvalue weighted by Gasteiger charge is 2.24. The van der Waals surface area contributed by atoms with Crippen LogP contribution in [0.15, 0.2) is 12.7 Å². The van der Waals surface area contributed by atoms with Gasteiger partial charge in [0.1, 0.15) is 0 Å². The van der Waals surface area contributed by atoms with E-state index in [9.17, 15) is 5.11 Å². The average Bonchev–Trinajstić information content (AvgIpc) is 2.31. The number of allylic oxidation sites excluding steroid dienone is 1. The van der Waals surface area contributed by atoms with Gasteiger partial charge in [-0.2, -0.15) is 0 Å². The molecule has 1 saturated heterocycles. The molecule has 1 fully saturated rings. The zero-order valence-electron chi connectivity index (χ0n) is 6.12. The van der Waals surface area contributed by atoms with E-state index in [1.54, 1.807) is 0 Å². The minimum atomic E-state index is -0.236. The number of ether oxygens (including phenoxy) is 1. The maximum atomic E-state index is 9.26. The molecule has 10 heavy (non-hydrogen) atoms. The van der Waals surface area contributed by atoms with Crippen molar-refractivity contribution in [2.24, 2.45) is 0 Å². The Morgan fingerprint density at radius 3 is 3.00 bits per heavy atom. The standard InChI is InChI=1S/C8H14O2/c1-2-3-4-8-7(9)5-6-10-8/h2,7-9H,1,3-6H2. The second-order valence-electron chi connectivity index (χ2n) is 2.63. The Morgan fingerprint density at radius 1 is 1.70 bits per heavy atom. The number of rotatable bonds is 3. The molecule has 0 aromatic heterocycles. The van der Waals surface area contributed by atoms with Crippen LogP contribution in [0.4, 0.5) is 0 Å². The van der Waals surface area contributed by atoms with Crippen LogP contribution in [-0.2, 0) is 4.74 Å². The fourth-order valence-corrected chi connectivity index (χ4v) is 1.19. The quantitative estimate of drug-likeness (QED) is 0.598. The van der Waals surface area contributed by atoms with Gasteiger partial charge in [-0.3, -0.25) is 0 Å². The van der Waals surface area contributed by atoms with Gasteiger partial charge in [-0.15, -0.1) is 6.58 Å². The molecule has 2 atom stereocenters. The molecule has 0 aromatic rings. The molecule has 2 heteroatoms. The first-order valence-corrected chi connectivity index (χ1v) is 3.75. The van der Waals surface area contributed by atoms with E-state index >= 15 is 0 Å². The molecular formula is C8H14O2. The van der Waals surface area contributed by atoms with Crippen molar-refractivity contribution >= 4 is 0 Å². The molecule has 0 aromatic carbocycles. The molecule has 0 saturated carbocycles. The van der Waals surface area contributed by atoms with E-state index in [2.05, 4.69) is 6.58 Å². The van der Waals surface area contributed by atoms with Crippen LogP contribution in [0, 0.1) is 0 Å². The maximum Gasteiger partial charge on any atom is 0.0837 e. The predicted molar refractivity (Wildman–Crippen MR) is 39.8 cm³/mol. The van der Waals surface area contributed by atoms with Crippen LogP contribution in [0.1, 0.15) is 19.3 Å². The summed E-state index contributed by atoms with van der Waals surface area (Å²) >= 11 is 0. The fraction of sp³-hybridized carbons (Fsp3) is 0.750. The van der Waals surface area contributed by atoms with Gasteiger partial charge < -0.3 is 9.84 Å². The maximum absolute atomic E-state index is 9.26. The molecule has 2 unspecified atom stereocenters. The Labute approximate surface area is 61.5 Å². The van der Waals surface area contributed by atoms with Gasteiger partial charge in [-0.25, -0.2) is 0 Å². The molecule has 1 aliphatic heterocycles. The minimum absolute atomic E-state index is 0.0676. The van der Waals surface area contributed by atoms with Crippen molar-refractivity contribution in [1.82, 2.24) is 0 Å². The lowest BCUT2D eigenvalue weighted by molar-refractivity contribution is 0.0376.